The summed E-state index contributed by atoms with van der Waals surface area (Å²) >= 11 is 0. The van der Waals surface area contributed by atoms with Crippen molar-refractivity contribution in [2.24, 2.45) is 0 Å². The first-order valence-corrected chi connectivity index (χ1v) is 5.56. The summed E-state index contributed by atoms with van der Waals surface area (Å²) in [5, 5.41) is 6.04. The number of benzene rings is 1. The highest BCUT2D eigenvalue weighted by molar-refractivity contribution is 5.33. The van der Waals surface area contributed by atoms with Gasteiger partial charge in [0.25, 0.3) is 6.43 Å². The maximum Gasteiger partial charge on any atom is 0.250 e. The summed E-state index contributed by atoms with van der Waals surface area (Å²) in [6.45, 7) is 2.18. The van der Waals surface area contributed by atoms with E-state index in [1.54, 1.807) is 0 Å². The maximum atomic E-state index is 11.9. The van der Waals surface area contributed by atoms with Gasteiger partial charge in [-0.25, -0.2) is 8.78 Å². The van der Waals surface area contributed by atoms with Crippen molar-refractivity contribution in [3.05, 3.63) is 34.9 Å². The Labute approximate surface area is 94.0 Å². The van der Waals surface area contributed by atoms with E-state index < -0.39 is 6.43 Å². The van der Waals surface area contributed by atoms with Crippen molar-refractivity contribution in [2.45, 2.75) is 25.9 Å². The lowest BCUT2D eigenvalue weighted by atomic mass is 9.98. The summed E-state index contributed by atoms with van der Waals surface area (Å²) < 4.78 is 23.9. The molecule has 0 aromatic heterocycles. The Bertz CT molecular complexity index is 353. The Morgan fingerprint density at radius 2 is 2.19 bits per heavy atom. The SMILES string of the molecule is FC(F)CNCc1ccc2c(c1)CNCC2. The molecule has 2 nitrogen and oxygen atoms in total. The topological polar surface area (TPSA) is 24.1 Å². The predicted molar refractivity (Wildman–Crippen MR) is 59.6 cm³/mol. The van der Waals surface area contributed by atoms with Crippen LogP contribution in [0.4, 0.5) is 8.78 Å². The van der Waals surface area contributed by atoms with Crippen LogP contribution in [-0.2, 0) is 19.5 Å². The van der Waals surface area contributed by atoms with Crippen molar-refractivity contribution in [3.63, 3.8) is 0 Å². The maximum absolute atomic E-state index is 11.9. The van der Waals surface area contributed by atoms with Gasteiger partial charge in [0.15, 0.2) is 0 Å². The molecule has 0 saturated carbocycles. The molecule has 0 spiro atoms. The van der Waals surface area contributed by atoms with Crippen molar-refractivity contribution in [1.29, 1.82) is 0 Å². The molecule has 0 atom stereocenters. The summed E-state index contributed by atoms with van der Waals surface area (Å²) in [6, 6.07) is 6.22. The normalized spacial score (nSPS) is 15.2. The Balaban J connectivity index is 1.95. The molecule has 1 heterocycles. The average molecular weight is 226 g/mol. The third-order valence-electron chi connectivity index (χ3n) is 2.79. The van der Waals surface area contributed by atoms with Gasteiger partial charge in [0, 0.05) is 13.1 Å². The van der Waals surface area contributed by atoms with Gasteiger partial charge in [0.2, 0.25) is 0 Å². The van der Waals surface area contributed by atoms with E-state index in [4.69, 9.17) is 0 Å². The lowest BCUT2D eigenvalue weighted by molar-refractivity contribution is 0.145. The second kappa shape index (κ2) is 5.37. The molecule has 1 aliphatic rings. The largest absolute Gasteiger partial charge is 0.312 e. The van der Waals surface area contributed by atoms with Crippen molar-refractivity contribution < 1.29 is 8.78 Å². The summed E-state index contributed by atoms with van der Waals surface area (Å²) in [5.74, 6) is 0. The molecule has 2 N–H and O–H groups in total. The van der Waals surface area contributed by atoms with Gasteiger partial charge in [-0.2, -0.15) is 0 Å². The fourth-order valence-electron chi connectivity index (χ4n) is 1.97. The van der Waals surface area contributed by atoms with Crippen molar-refractivity contribution in [3.8, 4) is 0 Å². The van der Waals surface area contributed by atoms with Crippen LogP contribution in [0, 0.1) is 0 Å². The highest BCUT2D eigenvalue weighted by Gasteiger charge is 2.08. The van der Waals surface area contributed by atoms with E-state index in [9.17, 15) is 8.78 Å². The molecule has 0 bridgehead atoms. The van der Waals surface area contributed by atoms with Crippen LogP contribution in [0.2, 0.25) is 0 Å². The monoisotopic (exact) mass is 226 g/mol. The molecular formula is C12H16F2N2. The van der Waals surface area contributed by atoms with E-state index >= 15 is 0 Å². The smallest absolute Gasteiger partial charge is 0.250 e. The minimum absolute atomic E-state index is 0.241. The molecule has 0 saturated heterocycles. The number of rotatable bonds is 4. The van der Waals surface area contributed by atoms with E-state index in [0.29, 0.717) is 6.54 Å². The number of hydrogen-bond donors (Lipinski definition) is 2. The number of nitrogens with one attached hydrogen (secondary N) is 2. The van der Waals surface area contributed by atoms with Crippen LogP contribution >= 0.6 is 0 Å². The van der Waals surface area contributed by atoms with Gasteiger partial charge in [0.1, 0.15) is 0 Å². The molecule has 4 heteroatoms. The van der Waals surface area contributed by atoms with Crippen LogP contribution in [-0.4, -0.2) is 19.5 Å². The molecule has 16 heavy (non-hydrogen) atoms. The van der Waals surface area contributed by atoms with Crippen molar-refractivity contribution >= 4 is 0 Å². The zero-order chi connectivity index (χ0) is 11.4. The van der Waals surface area contributed by atoms with Crippen LogP contribution in [0.5, 0.6) is 0 Å². The number of hydrogen-bond acceptors (Lipinski definition) is 2. The van der Waals surface area contributed by atoms with Gasteiger partial charge in [-0.1, -0.05) is 18.2 Å². The number of halogens is 2. The quantitative estimate of drug-likeness (QED) is 0.816. The van der Waals surface area contributed by atoms with Crippen LogP contribution in [0.3, 0.4) is 0 Å². The zero-order valence-electron chi connectivity index (χ0n) is 9.10. The Hall–Kier alpha value is -1.00. The first kappa shape index (κ1) is 11.5. The van der Waals surface area contributed by atoms with Gasteiger partial charge in [0.05, 0.1) is 6.54 Å². The standard InChI is InChI=1S/C12H16F2N2/c13-12(14)8-16-6-9-1-2-10-3-4-15-7-11(10)5-9/h1-2,5,12,15-16H,3-4,6-8H2. The Morgan fingerprint density at radius 3 is 3.00 bits per heavy atom. The first-order valence-electron chi connectivity index (χ1n) is 5.56. The Kier molecular flexibility index (Phi) is 3.85. The van der Waals surface area contributed by atoms with Gasteiger partial charge in [-0.3, -0.25) is 0 Å². The lowest BCUT2D eigenvalue weighted by Gasteiger charge is -2.18. The third-order valence-corrected chi connectivity index (χ3v) is 2.79. The molecule has 2 rings (SSSR count). The molecule has 1 aromatic carbocycles. The highest BCUT2D eigenvalue weighted by atomic mass is 19.3. The summed E-state index contributed by atoms with van der Waals surface area (Å²) in [4.78, 5) is 0. The van der Waals surface area contributed by atoms with E-state index in [0.717, 1.165) is 25.1 Å². The van der Waals surface area contributed by atoms with Gasteiger partial charge < -0.3 is 10.6 Å². The lowest BCUT2D eigenvalue weighted by Crippen LogP contribution is -2.24. The van der Waals surface area contributed by atoms with Crippen LogP contribution in [0.15, 0.2) is 18.2 Å². The van der Waals surface area contributed by atoms with Gasteiger partial charge in [-0.05, 0) is 29.7 Å². The molecule has 1 aromatic rings. The van der Waals surface area contributed by atoms with Crippen molar-refractivity contribution in [1.82, 2.24) is 10.6 Å². The molecule has 0 radical (unpaired) electrons. The van der Waals surface area contributed by atoms with Crippen LogP contribution in [0.1, 0.15) is 16.7 Å². The number of alkyl halides is 2. The summed E-state index contributed by atoms with van der Waals surface area (Å²) in [5.41, 5.74) is 3.74. The van der Waals surface area contributed by atoms with E-state index in [2.05, 4.69) is 22.8 Å². The van der Waals surface area contributed by atoms with E-state index in [1.807, 2.05) is 6.07 Å². The predicted octanol–water partition coefficient (Wildman–Crippen LogP) is 1.69. The fraction of sp³-hybridized carbons (Fsp3) is 0.500. The third kappa shape index (κ3) is 3.00. The molecular weight excluding hydrogens is 210 g/mol. The van der Waals surface area contributed by atoms with E-state index in [1.165, 1.54) is 11.1 Å². The first-order chi connectivity index (χ1) is 7.75. The second-order valence-electron chi connectivity index (χ2n) is 4.05. The molecule has 0 aliphatic carbocycles. The van der Waals surface area contributed by atoms with Gasteiger partial charge >= 0.3 is 0 Å². The molecule has 1 aliphatic heterocycles. The fourth-order valence-corrected chi connectivity index (χ4v) is 1.97. The Morgan fingerprint density at radius 1 is 1.31 bits per heavy atom. The van der Waals surface area contributed by atoms with E-state index in [-0.39, 0.29) is 6.54 Å². The minimum atomic E-state index is -2.28. The average Bonchev–Trinajstić information content (AvgIpc) is 2.28. The summed E-state index contributed by atoms with van der Waals surface area (Å²) in [7, 11) is 0. The van der Waals surface area contributed by atoms with Crippen LogP contribution < -0.4 is 10.6 Å². The van der Waals surface area contributed by atoms with Crippen molar-refractivity contribution in [2.75, 3.05) is 13.1 Å². The zero-order valence-corrected chi connectivity index (χ0v) is 9.10. The molecule has 88 valence electrons. The highest BCUT2D eigenvalue weighted by Crippen LogP contribution is 2.15. The second-order valence-corrected chi connectivity index (χ2v) is 4.05. The molecule has 0 amide bonds. The van der Waals surface area contributed by atoms with Crippen LogP contribution in [0.25, 0.3) is 0 Å². The molecule has 0 fully saturated rings. The van der Waals surface area contributed by atoms with Gasteiger partial charge in [-0.15, -0.1) is 0 Å². The summed E-state index contributed by atoms with van der Waals surface area (Å²) in [6.07, 6.45) is -1.22. The minimum Gasteiger partial charge on any atom is -0.312 e. The molecule has 0 unspecified atom stereocenters. The number of fused-ring (bicyclic) bond motifs is 1.